The number of hydrogen-bond donors (Lipinski definition) is 0. The van der Waals surface area contributed by atoms with E-state index in [0.29, 0.717) is 17.5 Å². The summed E-state index contributed by atoms with van der Waals surface area (Å²) >= 11 is 1.83. The fraction of sp³-hybridized carbons (Fsp3) is 0.0577. The Morgan fingerprint density at radius 1 is 0.534 bits per heavy atom. The normalized spacial score (nSPS) is 17.1. The van der Waals surface area contributed by atoms with Crippen LogP contribution in [0.4, 0.5) is 0 Å². The van der Waals surface area contributed by atoms with Crippen LogP contribution < -0.4 is 4.74 Å². The van der Waals surface area contributed by atoms with E-state index in [-0.39, 0.29) is 5.92 Å². The number of ether oxygens (including phenoxy) is 1. The van der Waals surface area contributed by atoms with Crippen LogP contribution in [0.5, 0.6) is 5.75 Å². The Balaban J connectivity index is 1.06. The molecule has 0 bridgehead atoms. The van der Waals surface area contributed by atoms with E-state index in [1.807, 2.05) is 47.7 Å². The minimum absolute atomic E-state index is 0.0135. The average Bonchev–Trinajstić information content (AvgIpc) is 3.95. The zero-order valence-corrected chi connectivity index (χ0v) is 32.2. The average molecular weight is 764 g/mol. The summed E-state index contributed by atoms with van der Waals surface area (Å²) in [7, 11) is 0. The van der Waals surface area contributed by atoms with Crippen LogP contribution in [0.3, 0.4) is 0 Å². The molecular weight excluding hydrogens is 731 g/mol. The first-order valence-electron chi connectivity index (χ1n) is 19.5. The number of allylic oxidation sites excluding steroid dienone is 2. The Labute approximate surface area is 338 Å². The molecule has 0 N–H and O–H groups in total. The molecule has 6 heteroatoms. The standard InChI is InChI=1S/C52H33N3O2S/c1-52-40(38-15-5-7-20-42(38)57-52)18-11-19-41(52)51-54-49(33-26-24-32(25-27-33)31-12-3-2-4-13-31)53-50(55-51)39-17-10-22-44-48(39)47-35(16-9-21-43(47)56-44)34-28-29-37-36-14-6-8-23-45(36)58-46(37)30-34/h2-30,40H,1H3. The Morgan fingerprint density at radius 2 is 1.19 bits per heavy atom. The van der Waals surface area contributed by atoms with Crippen molar-refractivity contribution in [3.63, 3.8) is 0 Å². The zero-order chi connectivity index (χ0) is 38.4. The van der Waals surface area contributed by atoms with E-state index in [1.54, 1.807) is 0 Å². The molecule has 5 nitrogen and oxygen atoms in total. The van der Waals surface area contributed by atoms with Crippen molar-refractivity contribution in [2.75, 3.05) is 0 Å². The first-order chi connectivity index (χ1) is 28.6. The highest BCUT2D eigenvalue weighted by molar-refractivity contribution is 7.25. The van der Waals surface area contributed by atoms with E-state index in [9.17, 15) is 0 Å². The minimum Gasteiger partial charge on any atom is -0.481 e. The highest BCUT2D eigenvalue weighted by atomic mass is 32.1. The fourth-order valence-corrected chi connectivity index (χ4v) is 10.2. The Kier molecular flexibility index (Phi) is 7.22. The Hall–Kier alpha value is -7.15. The predicted molar refractivity (Wildman–Crippen MR) is 237 cm³/mol. The molecular formula is C52H33N3O2S. The van der Waals surface area contributed by atoms with E-state index in [2.05, 4.69) is 146 Å². The fourth-order valence-electron chi connectivity index (χ4n) is 9.03. The van der Waals surface area contributed by atoms with Crippen molar-refractivity contribution < 1.29 is 9.15 Å². The van der Waals surface area contributed by atoms with E-state index in [1.165, 1.54) is 20.2 Å². The van der Waals surface area contributed by atoms with Gasteiger partial charge in [-0.15, -0.1) is 11.3 Å². The molecule has 1 aliphatic heterocycles. The second-order valence-corrected chi connectivity index (χ2v) is 16.3. The van der Waals surface area contributed by atoms with Crippen LogP contribution in [-0.4, -0.2) is 20.6 Å². The first kappa shape index (κ1) is 33.0. The summed E-state index contributed by atoms with van der Waals surface area (Å²) in [6.07, 6.45) is 6.42. The van der Waals surface area contributed by atoms with Crippen molar-refractivity contribution in [1.82, 2.24) is 15.0 Å². The maximum absolute atomic E-state index is 6.82. The third-order valence-corrected chi connectivity index (χ3v) is 13.0. The Morgan fingerprint density at radius 3 is 2.05 bits per heavy atom. The second kappa shape index (κ2) is 12.7. The number of benzene rings is 7. The van der Waals surface area contributed by atoms with E-state index in [0.717, 1.165) is 72.2 Å². The van der Waals surface area contributed by atoms with Gasteiger partial charge >= 0.3 is 0 Å². The number of thiophene rings is 1. The van der Waals surface area contributed by atoms with Crippen LogP contribution in [0.15, 0.2) is 180 Å². The van der Waals surface area contributed by atoms with Gasteiger partial charge in [-0.25, -0.2) is 15.0 Å². The first-order valence-corrected chi connectivity index (χ1v) is 20.4. The molecule has 4 heterocycles. The monoisotopic (exact) mass is 763 g/mol. The third-order valence-electron chi connectivity index (χ3n) is 11.9. The van der Waals surface area contributed by atoms with Gasteiger partial charge < -0.3 is 9.15 Å². The molecule has 0 fully saturated rings. The zero-order valence-electron chi connectivity index (χ0n) is 31.4. The second-order valence-electron chi connectivity index (χ2n) is 15.2. The van der Waals surface area contributed by atoms with Gasteiger partial charge in [-0.1, -0.05) is 146 Å². The molecule has 12 rings (SSSR count). The minimum atomic E-state index is -0.710. The molecule has 58 heavy (non-hydrogen) atoms. The molecule has 1 aliphatic carbocycles. The van der Waals surface area contributed by atoms with Crippen LogP contribution in [0.2, 0.25) is 0 Å². The lowest BCUT2D eigenvalue weighted by Crippen LogP contribution is -2.37. The molecule has 0 saturated carbocycles. The smallest absolute Gasteiger partial charge is 0.164 e. The number of fused-ring (bicyclic) bond motifs is 9. The van der Waals surface area contributed by atoms with E-state index >= 15 is 0 Å². The van der Waals surface area contributed by atoms with Crippen LogP contribution in [0.25, 0.3) is 92.7 Å². The van der Waals surface area contributed by atoms with Gasteiger partial charge in [-0.3, -0.25) is 0 Å². The number of hydrogen-bond acceptors (Lipinski definition) is 6. The third kappa shape index (κ3) is 5.05. The molecule has 7 aromatic carbocycles. The number of rotatable bonds is 5. The van der Waals surface area contributed by atoms with Crippen LogP contribution >= 0.6 is 11.3 Å². The highest BCUT2D eigenvalue weighted by Crippen LogP contribution is 2.53. The van der Waals surface area contributed by atoms with Crippen LogP contribution in [0, 0.1) is 0 Å². The molecule has 10 aromatic rings. The van der Waals surface area contributed by atoms with Crippen LogP contribution in [-0.2, 0) is 0 Å². The van der Waals surface area contributed by atoms with Crippen molar-refractivity contribution >= 4 is 59.0 Å². The van der Waals surface area contributed by atoms with Crippen molar-refractivity contribution in [1.29, 1.82) is 0 Å². The maximum atomic E-state index is 6.82. The van der Waals surface area contributed by atoms with Gasteiger partial charge in [0.1, 0.15) is 22.5 Å². The van der Waals surface area contributed by atoms with E-state index < -0.39 is 5.60 Å². The number of nitrogens with zero attached hydrogens (tertiary/aromatic N) is 3. The van der Waals surface area contributed by atoms with Gasteiger partial charge in [0, 0.05) is 59.1 Å². The molecule has 2 unspecified atom stereocenters. The molecule has 2 aliphatic rings. The molecule has 274 valence electrons. The quantitative estimate of drug-likeness (QED) is 0.175. The number of aromatic nitrogens is 3. The van der Waals surface area contributed by atoms with Crippen molar-refractivity contribution in [3.8, 4) is 50.8 Å². The summed E-state index contributed by atoms with van der Waals surface area (Å²) < 4.78 is 16.0. The number of furan rings is 1. The number of para-hydroxylation sites is 1. The maximum Gasteiger partial charge on any atom is 0.164 e. The van der Waals surface area contributed by atoms with Gasteiger partial charge in [0.05, 0.1) is 0 Å². The summed E-state index contributed by atoms with van der Waals surface area (Å²) in [6.45, 7) is 2.15. The topological polar surface area (TPSA) is 61.0 Å². The largest absolute Gasteiger partial charge is 0.481 e. The van der Waals surface area contributed by atoms with Crippen LogP contribution in [0.1, 0.15) is 24.2 Å². The molecule has 0 radical (unpaired) electrons. The molecule has 0 amide bonds. The van der Waals surface area contributed by atoms with E-state index in [4.69, 9.17) is 24.1 Å². The molecule has 2 atom stereocenters. The lowest BCUT2D eigenvalue weighted by molar-refractivity contribution is 0.165. The highest BCUT2D eigenvalue weighted by Gasteiger charge is 2.48. The molecule has 0 saturated heterocycles. The molecule has 0 spiro atoms. The van der Waals surface area contributed by atoms with Gasteiger partial charge in [0.25, 0.3) is 0 Å². The summed E-state index contributed by atoms with van der Waals surface area (Å²) in [5.41, 5.74) is 9.24. The summed E-state index contributed by atoms with van der Waals surface area (Å²) in [6, 6.07) is 55.1. The summed E-state index contributed by atoms with van der Waals surface area (Å²) in [5.74, 6) is 2.64. The van der Waals surface area contributed by atoms with Gasteiger partial charge in [-0.2, -0.15) is 0 Å². The predicted octanol–water partition coefficient (Wildman–Crippen LogP) is 13.7. The lowest BCUT2D eigenvalue weighted by Gasteiger charge is -2.33. The SMILES string of the molecule is CC12Oc3ccccc3C1C=CC=C2c1nc(-c2ccc(-c3ccccc3)cc2)nc(-c2cccc3oc4cccc(-c5ccc6c(c5)sc5ccccc56)c4c23)n1. The summed E-state index contributed by atoms with van der Waals surface area (Å²) in [4.78, 5) is 15.9. The summed E-state index contributed by atoms with van der Waals surface area (Å²) in [5, 5.41) is 4.56. The van der Waals surface area contributed by atoms with Gasteiger partial charge in [0.15, 0.2) is 17.5 Å². The van der Waals surface area contributed by atoms with Crippen molar-refractivity contribution in [2.45, 2.75) is 18.4 Å². The van der Waals surface area contributed by atoms with Gasteiger partial charge in [-0.05, 0) is 59.5 Å². The molecule has 3 aromatic heterocycles. The van der Waals surface area contributed by atoms with Crippen molar-refractivity contribution in [3.05, 3.63) is 187 Å². The van der Waals surface area contributed by atoms with Crippen molar-refractivity contribution in [2.24, 2.45) is 0 Å². The Bertz CT molecular complexity index is 3340. The van der Waals surface area contributed by atoms with Gasteiger partial charge in [0.2, 0.25) is 0 Å². The lowest BCUT2D eigenvalue weighted by atomic mass is 9.77.